The van der Waals surface area contributed by atoms with Crippen molar-refractivity contribution in [2.24, 2.45) is 0 Å². The van der Waals surface area contributed by atoms with Gasteiger partial charge in [0.25, 0.3) is 5.91 Å². The number of anilines is 1. The van der Waals surface area contributed by atoms with E-state index in [0.717, 1.165) is 31.9 Å². The zero-order valence-corrected chi connectivity index (χ0v) is 20.9. The maximum atomic E-state index is 14.1. The Morgan fingerprint density at radius 2 is 1.69 bits per heavy atom. The Bertz CT molecular complexity index is 1020. The second kappa shape index (κ2) is 12.4. The van der Waals surface area contributed by atoms with Gasteiger partial charge >= 0.3 is 0 Å². The smallest absolute Gasteiger partial charge is 0.251 e. The van der Waals surface area contributed by atoms with Gasteiger partial charge in [0.05, 0.1) is 25.8 Å². The zero-order chi connectivity index (χ0) is 25.4. The maximum absolute atomic E-state index is 14.1. The average molecular weight is 487 g/mol. The molecule has 8 nitrogen and oxygen atoms in total. The standard InChI is InChI=1S/C26H35FN4O4/c1-5-34-23-10-7-19(15-24(23)35-6-2)26(33)28-17-25(32)29-18(3)21-16-20(27)8-9-22(21)31-13-11-30(4)12-14-31/h7-10,15-16,18H,5-6,11-14,17H2,1-4H3,(H,28,33)(H,29,32). The molecule has 2 amide bonds. The van der Waals surface area contributed by atoms with Crippen molar-refractivity contribution in [2.75, 3.05) is 57.9 Å². The summed E-state index contributed by atoms with van der Waals surface area (Å²) in [6.45, 7) is 9.73. The molecule has 0 bridgehead atoms. The molecule has 0 spiro atoms. The Morgan fingerprint density at radius 1 is 1.00 bits per heavy atom. The second-order valence-electron chi connectivity index (χ2n) is 8.49. The van der Waals surface area contributed by atoms with Gasteiger partial charge < -0.3 is 29.9 Å². The molecular formula is C26H35FN4O4. The van der Waals surface area contributed by atoms with E-state index >= 15 is 0 Å². The number of nitrogens with one attached hydrogen (secondary N) is 2. The van der Waals surface area contributed by atoms with Crippen LogP contribution in [0.1, 0.15) is 42.7 Å². The zero-order valence-electron chi connectivity index (χ0n) is 20.9. The van der Waals surface area contributed by atoms with Gasteiger partial charge in [0.15, 0.2) is 11.5 Å². The Hall–Kier alpha value is -3.33. The number of hydrogen-bond acceptors (Lipinski definition) is 6. The first-order chi connectivity index (χ1) is 16.8. The van der Waals surface area contributed by atoms with Crippen LogP contribution in [-0.4, -0.2) is 69.7 Å². The van der Waals surface area contributed by atoms with E-state index in [0.29, 0.717) is 35.8 Å². The third kappa shape index (κ3) is 7.08. The van der Waals surface area contributed by atoms with Crippen LogP contribution in [0.5, 0.6) is 11.5 Å². The Morgan fingerprint density at radius 3 is 2.37 bits per heavy atom. The fourth-order valence-electron chi connectivity index (χ4n) is 4.03. The Labute approximate surface area is 206 Å². The molecule has 0 saturated carbocycles. The van der Waals surface area contributed by atoms with Gasteiger partial charge in [0.1, 0.15) is 5.82 Å². The normalized spacial score (nSPS) is 14.8. The number of piperazine rings is 1. The first-order valence-corrected chi connectivity index (χ1v) is 12.0. The lowest BCUT2D eigenvalue weighted by atomic mass is 10.0. The molecule has 190 valence electrons. The van der Waals surface area contributed by atoms with Crippen LogP contribution >= 0.6 is 0 Å². The highest BCUT2D eigenvalue weighted by atomic mass is 19.1. The van der Waals surface area contributed by atoms with Crippen molar-refractivity contribution in [1.29, 1.82) is 0 Å². The number of hydrogen-bond donors (Lipinski definition) is 2. The van der Waals surface area contributed by atoms with Gasteiger partial charge in [0, 0.05) is 43.0 Å². The lowest BCUT2D eigenvalue weighted by Crippen LogP contribution is -2.45. The van der Waals surface area contributed by atoms with Crippen molar-refractivity contribution in [2.45, 2.75) is 26.8 Å². The predicted octanol–water partition coefficient (Wildman–Crippen LogP) is 2.98. The molecule has 0 aromatic heterocycles. The number of ether oxygens (including phenoxy) is 2. The summed E-state index contributed by atoms with van der Waals surface area (Å²) in [6, 6.07) is 9.14. The third-order valence-electron chi connectivity index (χ3n) is 5.89. The van der Waals surface area contributed by atoms with Gasteiger partial charge in [-0.15, -0.1) is 0 Å². The molecular weight excluding hydrogens is 451 g/mol. The average Bonchev–Trinajstić information content (AvgIpc) is 2.84. The van der Waals surface area contributed by atoms with Gasteiger partial charge in [-0.05, 0) is 64.2 Å². The first kappa shape index (κ1) is 26.3. The molecule has 2 N–H and O–H groups in total. The minimum Gasteiger partial charge on any atom is -0.490 e. The number of halogens is 1. The lowest BCUT2D eigenvalue weighted by Gasteiger charge is -2.36. The van der Waals surface area contributed by atoms with Crippen LogP contribution in [0.3, 0.4) is 0 Å². The Balaban J connectivity index is 1.61. The van der Waals surface area contributed by atoms with Crippen molar-refractivity contribution in [3.05, 3.63) is 53.3 Å². The quantitative estimate of drug-likeness (QED) is 0.537. The number of likely N-dealkylation sites (N-methyl/N-ethyl adjacent to an activating group) is 1. The van der Waals surface area contributed by atoms with Crippen LogP contribution < -0.4 is 25.0 Å². The molecule has 1 unspecified atom stereocenters. The Kier molecular flexibility index (Phi) is 9.31. The topological polar surface area (TPSA) is 83.1 Å². The van der Waals surface area contributed by atoms with Gasteiger partial charge in [0.2, 0.25) is 5.91 Å². The third-order valence-corrected chi connectivity index (χ3v) is 5.89. The van der Waals surface area contributed by atoms with Crippen LogP contribution in [-0.2, 0) is 4.79 Å². The van der Waals surface area contributed by atoms with E-state index in [4.69, 9.17) is 9.47 Å². The van der Waals surface area contributed by atoms with E-state index in [1.54, 1.807) is 24.3 Å². The molecule has 2 aromatic carbocycles. The van der Waals surface area contributed by atoms with E-state index in [9.17, 15) is 14.0 Å². The van der Waals surface area contributed by atoms with Crippen LogP contribution in [0.25, 0.3) is 0 Å². The minimum atomic E-state index is -0.431. The highest BCUT2D eigenvalue weighted by Crippen LogP contribution is 2.29. The SMILES string of the molecule is CCOc1ccc(C(=O)NCC(=O)NC(C)c2cc(F)ccc2N2CCN(C)CC2)cc1OCC. The molecule has 0 aliphatic carbocycles. The van der Waals surface area contributed by atoms with Gasteiger partial charge in [-0.2, -0.15) is 0 Å². The number of amides is 2. The summed E-state index contributed by atoms with van der Waals surface area (Å²) in [7, 11) is 2.07. The summed E-state index contributed by atoms with van der Waals surface area (Å²) in [5.74, 6) is -0.0877. The van der Waals surface area contributed by atoms with Crippen LogP contribution in [0.4, 0.5) is 10.1 Å². The number of carbonyl (C=O) groups excluding carboxylic acids is 2. The molecule has 1 fully saturated rings. The summed E-state index contributed by atoms with van der Waals surface area (Å²) in [5, 5.41) is 5.51. The van der Waals surface area contributed by atoms with Crippen molar-refractivity contribution in [3.63, 3.8) is 0 Å². The van der Waals surface area contributed by atoms with Crippen molar-refractivity contribution in [1.82, 2.24) is 15.5 Å². The van der Waals surface area contributed by atoms with Crippen LogP contribution in [0, 0.1) is 5.82 Å². The van der Waals surface area contributed by atoms with Gasteiger partial charge in [-0.3, -0.25) is 9.59 Å². The number of benzene rings is 2. The molecule has 1 aliphatic heterocycles. The summed E-state index contributed by atoms with van der Waals surface area (Å²) < 4.78 is 25.1. The monoisotopic (exact) mass is 486 g/mol. The summed E-state index contributed by atoms with van der Waals surface area (Å²) in [4.78, 5) is 29.7. The van der Waals surface area contributed by atoms with Gasteiger partial charge in [-0.25, -0.2) is 4.39 Å². The van der Waals surface area contributed by atoms with E-state index in [-0.39, 0.29) is 18.3 Å². The summed E-state index contributed by atoms with van der Waals surface area (Å²) in [6.07, 6.45) is 0. The van der Waals surface area contributed by atoms with Crippen molar-refractivity contribution >= 4 is 17.5 Å². The highest BCUT2D eigenvalue weighted by molar-refractivity contribution is 5.97. The molecule has 1 heterocycles. The molecule has 2 aromatic rings. The number of nitrogens with zero attached hydrogens (tertiary/aromatic N) is 2. The number of carbonyl (C=O) groups is 2. The van der Waals surface area contributed by atoms with Crippen LogP contribution in [0.15, 0.2) is 36.4 Å². The summed E-state index contributed by atoms with van der Waals surface area (Å²) in [5.41, 5.74) is 1.98. The minimum absolute atomic E-state index is 0.209. The molecule has 35 heavy (non-hydrogen) atoms. The fraction of sp³-hybridized carbons (Fsp3) is 0.462. The lowest BCUT2D eigenvalue weighted by molar-refractivity contribution is -0.120. The largest absolute Gasteiger partial charge is 0.490 e. The molecule has 1 atom stereocenters. The molecule has 3 rings (SSSR count). The van der Waals surface area contributed by atoms with E-state index in [1.807, 2.05) is 20.8 Å². The molecule has 9 heteroatoms. The first-order valence-electron chi connectivity index (χ1n) is 12.0. The molecule has 0 radical (unpaired) electrons. The van der Waals surface area contributed by atoms with Crippen molar-refractivity contribution in [3.8, 4) is 11.5 Å². The van der Waals surface area contributed by atoms with Crippen LogP contribution in [0.2, 0.25) is 0 Å². The summed E-state index contributed by atoms with van der Waals surface area (Å²) >= 11 is 0. The van der Waals surface area contributed by atoms with Crippen molar-refractivity contribution < 1.29 is 23.5 Å². The van der Waals surface area contributed by atoms with E-state index in [2.05, 4.69) is 27.5 Å². The molecule has 1 aliphatic rings. The number of rotatable bonds is 10. The predicted molar refractivity (Wildman–Crippen MR) is 134 cm³/mol. The van der Waals surface area contributed by atoms with E-state index in [1.165, 1.54) is 12.1 Å². The second-order valence-corrected chi connectivity index (χ2v) is 8.49. The molecule has 1 saturated heterocycles. The highest BCUT2D eigenvalue weighted by Gasteiger charge is 2.21. The van der Waals surface area contributed by atoms with E-state index < -0.39 is 11.9 Å². The maximum Gasteiger partial charge on any atom is 0.251 e. The fourth-order valence-corrected chi connectivity index (χ4v) is 4.03. The van der Waals surface area contributed by atoms with Gasteiger partial charge in [-0.1, -0.05) is 0 Å².